The Morgan fingerprint density at radius 3 is 2.75 bits per heavy atom. The first-order chi connectivity index (χ1) is 7.77. The fraction of sp³-hybridized carbons (Fsp3) is 0.538. The van der Waals surface area contributed by atoms with Gasteiger partial charge in [0.25, 0.3) is 0 Å². The van der Waals surface area contributed by atoms with E-state index in [4.69, 9.17) is 10.5 Å². The molecule has 0 unspecified atom stereocenters. The fourth-order valence-electron chi connectivity index (χ4n) is 2.16. The minimum atomic E-state index is 0.731. The zero-order valence-corrected chi connectivity index (χ0v) is 9.91. The van der Waals surface area contributed by atoms with Crippen LogP contribution in [0.2, 0.25) is 0 Å². The van der Waals surface area contributed by atoms with Crippen molar-refractivity contribution in [1.29, 1.82) is 0 Å². The number of ether oxygens (including phenoxy) is 1. The van der Waals surface area contributed by atoms with E-state index in [1.54, 1.807) is 0 Å². The highest BCUT2D eigenvalue weighted by Crippen LogP contribution is 2.25. The zero-order valence-electron chi connectivity index (χ0n) is 9.91. The Morgan fingerprint density at radius 1 is 1.31 bits per heavy atom. The van der Waals surface area contributed by atoms with Gasteiger partial charge in [-0.15, -0.1) is 0 Å². The third kappa shape index (κ3) is 2.67. The maximum Gasteiger partial charge on any atom is 0.145 e. The minimum absolute atomic E-state index is 0.731. The molecule has 1 aromatic rings. The van der Waals surface area contributed by atoms with E-state index in [9.17, 15) is 0 Å². The van der Waals surface area contributed by atoms with Crippen molar-refractivity contribution in [2.75, 3.05) is 32.0 Å². The third-order valence-corrected chi connectivity index (χ3v) is 3.09. The number of rotatable bonds is 4. The van der Waals surface area contributed by atoms with Crippen LogP contribution in [0.4, 0.5) is 5.69 Å². The molecule has 3 nitrogen and oxygen atoms in total. The Morgan fingerprint density at radius 2 is 2.06 bits per heavy atom. The largest absolute Gasteiger partial charge is 0.490 e. The molecule has 2 N–H and O–H groups in total. The average Bonchev–Trinajstić information content (AvgIpc) is 2.75. The van der Waals surface area contributed by atoms with Gasteiger partial charge in [-0.1, -0.05) is 12.1 Å². The minimum Gasteiger partial charge on any atom is -0.490 e. The maximum absolute atomic E-state index is 5.88. The Kier molecular flexibility index (Phi) is 3.67. The van der Waals surface area contributed by atoms with Gasteiger partial charge < -0.3 is 10.5 Å². The fourth-order valence-corrected chi connectivity index (χ4v) is 2.16. The molecular formula is C13H20N2O. The standard InChI is InChI=1S/C13H20N2O/c1-11-5-4-6-12(14)13(11)16-10-9-15-7-2-3-8-15/h4-6H,2-3,7-10,14H2,1H3. The Labute approximate surface area is 97.2 Å². The predicted molar refractivity (Wildman–Crippen MR) is 66.8 cm³/mol. The molecule has 0 radical (unpaired) electrons. The number of nitrogen functional groups attached to an aromatic ring is 1. The monoisotopic (exact) mass is 220 g/mol. The number of para-hydroxylation sites is 1. The third-order valence-electron chi connectivity index (χ3n) is 3.09. The van der Waals surface area contributed by atoms with E-state index in [1.807, 2.05) is 25.1 Å². The lowest BCUT2D eigenvalue weighted by molar-refractivity contribution is 0.237. The molecule has 1 aliphatic rings. The van der Waals surface area contributed by atoms with Crippen LogP contribution in [0.1, 0.15) is 18.4 Å². The molecule has 88 valence electrons. The van der Waals surface area contributed by atoms with Crippen molar-refractivity contribution in [2.24, 2.45) is 0 Å². The van der Waals surface area contributed by atoms with Crippen molar-refractivity contribution in [3.63, 3.8) is 0 Å². The van der Waals surface area contributed by atoms with Gasteiger partial charge in [0.1, 0.15) is 12.4 Å². The van der Waals surface area contributed by atoms with Crippen molar-refractivity contribution in [3.05, 3.63) is 23.8 Å². The quantitative estimate of drug-likeness (QED) is 0.789. The highest BCUT2D eigenvalue weighted by atomic mass is 16.5. The molecule has 0 amide bonds. The molecule has 0 bridgehead atoms. The number of benzene rings is 1. The normalized spacial score (nSPS) is 16.6. The van der Waals surface area contributed by atoms with Crippen molar-refractivity contribution in [1.82, 2.24) is 4.90 Å². The lowest BCUT2D eigenvalue weighted by atomic mass is 10.2. The second kappa shape index (κ2) is 5.21. The number of nitrogens with two attached hydrogens (primary N) is 1. The van der Waals surface area contributed by atoms with Crippen LogP contribution >= 0.6 is 0 Å². The van der Waals surface area contributed by atoms with Gasteiger partial charge in [0, 0.05) is 6.54 Å². The van der Waals surface area contributed by atoms with Crippen molar-refractivity contribution >= 4 is 5.69 Å². The number of likely N-dealkylation sites (tertiary alicyclic amines) is 1. The second-order valence-corrected chi connectivity index (χ2v) is 4.39. The van der Waals surface area contributed by atoms with Crippen LogP contribution in [0.5, 0.6) is 5.75 Å². The summed E-state index contributed by atoms with van der Waals surface area (Å²) in [6, 6.07) is 5.87. The summed E-state index contributed by atoms with van der Waals surface area (Å²) in [6.45, 7) is 6.20. The molecule has 1 aliphatic heterocycles. The van der Waals surface area contributed by atoms with Crippen LogP contribution in [0.25, 0.3) is 0 Å². The Bertz CT molecular complexity index is 326. The highest BCUT2D eigenvalue weighted by molar-refractivity contribution is 5.56. The Balaban J connectivity index is 1.84. The van der Waals surface area contributed by atoms with Gasteiger partial charge in [0.15, 0.2) is 0 Å². The summed E-state index contributed by atoms with van der Waals surface area (Å²) < 4.78 is 5.76. The zero-order chi connectivity index (χ0) is 11.4. The van der Waals surface area contributed by atoms with E-state index in [1.165, 1.54) is 25.9 Å². The van der Waals surface area contributed by atoms with Gasteiger partial charge in [0.05, 0.1) is 5.69 Å². The van der Waals surface area contributed by atoms with Crippen molar-refractivity contribution < 1.29 is 4.74 Å². The predicted octanol–water partition coefficient (Wildman–Crippen LogP) is 2.05. The van der Waals surface area contributed by atoms with Gasteiger partial charge in [-0.05, 0) is 44.5 Å². The summed E-state index contributed by atoms with van der Waals surface area (Å²) in [4.78, 5) is 2.44. The molecule has 16 heavy (non-hydrogen) atoms. The van der Waals surface area contributed by atoms with Crippen LogP contribution in [-0.2, 0) is 0 Å². The summed E-state index contributed by atoms with van der Waals surface area (Å²) in [6.07, 6.45) is 2.65. The van der Waals surface area contributed by atoms with Crippen LogP contribution < -0.4 is 10.5 Å². The van der Waals surface area contributed by atoms with Crippen LogP contribution in [0.3, 0.4) is 0 Å². The van der Waals surface area contributed by atoms with Gasteiger partial charge in [-0.25, -0.2) is 0 Å². The van der Waals surface area contributed by atoms with Gasteiger partial charge in [-0.3, -0.25) is 4.90 Å². The molecule has 1 fully saturated rings. The number of hydrogen-bond donors (Lipinski definition) is 1. The first kappa shape index (κ1) is 11.3. The van der Waals surface area contributed by atoms with E-state index in [-0.39, 0.29) is 0 Å². The van der Waals surface area contributed by atoms with Gasteiger partial charge in [-0.2, -0.15) is 0 Å². The summed E-state index contributed by atoms with van der Waals surface area (Å²) in [7, 11) is 0. The molecule has 0 aromatic heterocycles. The maximum atomic E-state index is 5.88. The topological polar surface area (TPSA) is 38.5 Å². The first-order valence-corrected chi connectivity index (χ1v) is 5.97. The molecular weight excluding hydrogens is 200 g/mol. The van der Waals surface area contributed by atoms with Crippen LogP contribution in [0, 0.1) is 6.92 Å². The first-order valence-electron chi connectivity index (χ1n) is 5.97. The molecule has 1 heterocycles. The van der Waals surface area contributed by atoms with Crippen molar-refractivity contribution in [2.45, 2.75) is 19.8 Å². The molecule has 1 aromatic carbocycles. The second-order valence-electron chi connectivity index (χ2n) is 4.39. The van der Waals surface area contributed by atoms with Crippen LogP contribution in [0.15, 0.2) is 18.2 Å². The average molecular weight is 220 g/mol. The summed E-state index contributed by atoms with van der Waals surface area (Å²) in [5.41, 5.74) is 7.73. The van der Waals surface area contributed by atoms with Crippen LogP contribution in [-0.4, -0.2) is 31.1 Å². The molecule has 0 saturated carbocycles. The smallest absolute Gasteiger partial charge is 0.145 e. The lowest BCUT2D eigenvalue weighted by Crippen LogP contribution is -2.25. The van der Waals surface area contributed by atoms with E-state index in [2.05, 4.69) is 4.90 Å². The number of aryl methyl sites for hydroxylation is 1. The van der Waals surface area contributed by atoms with Gasteiger partial charge in [0.2, 0.25) is 0 Å². The molecule has 3 heteroatoms. The number of hydrogen-bond acceptors (Lipinski definition) is 3. The molecule has 0 spiro atoms. The Hall–Kier alpha value is -1.22. The molecule has 0 aliphatic carbocycles. The van der Waals surface area contributed by atoms with Crippen molar-refractivity contribution in [3.8, 4) is 5.75 Å². The van der Waals surface area contributed by atoms with E-state index >= 15 is 0 Å². The number of nitrogens with zero attached hydrogens (tertiary/aromatic N) is 1. The van der Waals surface area contributed by atoms with E-state index < -0.39 is 0 Å². The summed E-state index contributed by atoms with van der Waals surface area (Å²) >= 11 is 0. The highest BCUT2D eigenvalue weighted by Gasteiger charge is 2.11. The SMILES string of the molecule is Cc1cccc(N)c1OCCN1CCCC1. The van der Waals surface area contributed by atoms with Gasteiger partial charge >= 0.3 is 0 Å². The molecule has 1 saturated heterocycles. The van der Waals surface area contributed by atoms with E-state index in [0.29, 0.717) is 0 Å². The lowest BCUT2D eigenvalue weighted by Gasteiger charge is -2.16. The van der Waals surface area contributed by atoms with E-state index in [0.717, 1.165) is 30.2 Å². The molecule has 0 atom stereocenters. The summed E-state index contributed by atoms with van der Waals surface area (Å²) in [5.74, 6) is 0.849. The molecule has 2 rings (SSSR count). The summed E-state index contributed by atoms with van der Waals surface area (Å²) in [5, 5.41) is 0. The number of anilines is 1.